The van der Waals surface area contributed by atoms with Gasteiger partial charge in [-0.15, -0.1) is 22.7 Å². The molecule has 0 unspecified atom stereocenters. The number of fused-ring (bicyclic) bond motifs is 6. The van der Waals surface area contributed by atoms with Crippen molar-refractivity contribution >= 4 is 63.0 Å². The SMILES string of the molecule is c1ccc(-c2cc(-c3ccccc3)c3sc4cc(-c5nc(-c6ccccc6)nc(-c6ccc7sc8ccccc8c7c6)n5)ccc4c3c2)cc1. The van der Waals surface area contributed by atoms with Crippen molar-refractivity contribution < 1.29 is 0 Å². The molecular formula is C45H27N3S2. The molecule has 0 N–H and O–H groups in total. The van der Waals surface area contributed by atoms with Crippen molar-refractivity contribution in [1.82, 2.24) is 15.0 Å². The van der Waals surface area contributed by atoms with Crippen molar-refractivity contribution in [3.05, 3.63) is 164 Å². The molecule has 3 heterocycles. The van der Waals surface area contributed by atoms with Gasteiger partial charge in [-0.3, -0.25) is 0 Å². The Morgan fingerprint density at radius 1 is 0.300 bits per heavy atom. The summed E-state index contributed by atoms with van der Waals surface area (Å²) in [6.45, 7) is 0. The monoisotopic (exact) mass is 673 g/mol. The summed E-state index contributed by atoms with van der Waals surface area (Å²) in [5, 5.41) is 4.97. The first-order valence-electron chi connectivity index (χ1n) is 16.6. The minimum Gasteiger partial charge on any atom is -0.208 e. The maximum Gasteiger partial charge on any atom is 0.164 e. The highest BCUT2D eigenvalue weighted by Crippen LogP contribution is 2.44. The lowest BCUT2D eigenvalue weighted by molar-refractivity contribution is 1.08. The molecule has 0 aliphatic carbocycles. The van der Waals surface area contributed by atoms with Crippen LogP contribution in [0.15, 0.2) is 164 Å². The van der Waals surface area contributed by atoms with Gasteiger partial charge in [-0.05, 0) is 59.2 Å². The molecule has 3 nitrogen and oxygen atoms in total. The molecule has 0 fully saturated rings. The van der Waals surface area contributed by atoms with Gasteiger partial charge in [-0.2, -0.15) is 0 Å². The van der Waals surface area contributed by atoms with Crippen molar-refractivity contribution in [3.8, 4) is 56.4 Å². The van der Waals surface area contributed by atoms with Crippen molar-refractivity contribution in [2.75, 3.05) is 0 Å². The summed E-state index contributed by atoms with van der Waals surface area (Å²) in [5.41, 5.74) is 7.79. The van der Waals surface area contributed by atoms with Gasteiger partial charge in [0.2, 0.25) is 0 Å². The van der Waals surface area contributed by atoms with Crippen molar-refractivity contribution in [1.29, 1.82) is 0 Å². The number of rotatable bonds is 5. The molecule has 234 valence electrons. The maximum absolute atomic E-state index is 5.14. The maximum atomic E-state index is 5.14. The van der Waals surface area contributed by atoms with Gasteiger partial charge in [0.25, 0.3) is 0 Å². The van der Waals surface area contributed by atoms with E-state index in [9.17, 15) is 0 Å². The van der Waals surface area contributed by atoms with Crippen LogP contribution in [0.1, 0.15) is 0 Å². The third-order valence-corrected chi connectivity index (χ3v) is 11.7. The van der Waals surface area contributed by atoms with E-state index in [1.165, 1.54) is 62.6 Å². The average Bonchev–Trinajstić information content (AvgIpc) is 3.76. The van der Waals surface area contributed by atoms with Gasteiger partial charge in [-0.25, -0.2) is 15.0 Å². The molecule has 0 aliphatic rings. The van der Waals surface area contributed by atoms with E-state index < -0.39 is 0 Å². The van der Waals surface area contributed by atoms with Crippen LogP contribution in [0.5, 0.6) is 0 Å². The predicted molar refractivity (Wildman–Crippen MR) is 213 cm³/mol. The molecule has 0 bridgehead atoms. The summed E-state index contributed by atoms with van der Waals surface area (Å²) in [7, 11) is 0. The molecule has 7 aromatic carbocycles. The van der Waals surface area contributed by atoms with E-state index in [1.54, 1.807) is 0 Å². The normalized spacial score (nSPS) is 11.6. The largest absolute Gasteiger partial charge is 0.208 e. The summed E-state index contributed by atoms with van der Waals surface area (Å²) in [4.78, 5) is 15.2. The number of nitrogens with zero attached hydrogens (tertiary/aromatic N) is 3. The number of hydrogen-bond donors (Lipinski definition) is 0. The summed E-state index contributed by atoms with van der Waals surface area (Å²) in [6, 6.07) is 58.0. The summed E-state index contributed by atoms with van der Waals surface area (Å²) >= 11 is 3.65. The highest BCUT2D eigenvalue weighted by Gasteiger charge is 2.17. The van der Waals surface area contributed by atoms with Gasteiger partial charge in [-0.1, -0.05) is 121 Å². The highest BCUT2D eigenvalue weighted by atomic mass is 32.1. The first kappa shape index (κ1) is 29.0. The van der Waals surface area contributed by atoms with Gasteiger partial charge in [0.05, 0.1) is 0 Å². The van der Waals surface area contributed by atoms with Gasteiger partial charge in [0, 0.05) is 62.6 Å². The lowest BCUT2D eigenvalue weighted by Gasteiger charge is -2.09. The second kappa shape index (κ2) is 11.8. The Bertz CT molecular complexity index is 2860. The Morgan fingerprint density at radius 3 is 1.58 bits per heavy atom. The number of benzene rings is 7. The molecule has 0 radical (unpaired) electrons. The van der Waals surface area contributed by atoms with Crippen LogP contribution in [-0.4, -0.2) is 15.0 Å². The molecule has 10 rings (SSSR count). The van der Waals surface area contributed by atoms with Crippen LogP contribution in [0.3, 0.4) is 0 Å². The van der Waals surface area contributed by atoms with Gasteiger partial charge in [0.15, 0.2) is 17.5 Å². The molecule has 0 saturated carbocycles. The van der Waals surface area contributed by atoms with Crippen molar-refractivity contribution in [2.24, 2.45) is 0 Å². The Labute approximate surface area is 296 Å². The van der Waals surface area contributed by atoms with Gasteiger partial charge in [0.1, 0.15) is 0 Å². The smallest absolute Gasteiger partial charge is 0.164 e. The third-order valence-electron chi connectivity index (χ3n) is 9.33. The van der Waals surface area contributed by atoms with E-state index in [0.717, 1.165) is 16.7 Å². The second-order valence-electron chi connectivity index (χ2n) is 12.4. The number of aromatic nitrogens is 3. The lowest BCUT2D eigenvalue weighted by Crippen LogP contribution is -2.00. The average molecular weight is 674 g/mol. The van der Waals surface area contributed by atoms with E-state index in [4.69, 9.17) is 15.0 Å². The Kier molecular flexibility index (Phi) is 6.86. The van der Waals surface area contributed by atoms with E-state index in [1.807, 2.05) is 40.9 Å². The van der Waals surface area contributed by atoms with E-state index in [-0.39, 0.29) is 0 Å². The number of hydrogen-bond acceptors (Lipinski definition) is 5. The molecule has 50 heavy (non-hydrogen) atoms. The van der Waals surface area contributed by atoms with Crippen LogP contribution in [0.4, 0.5) is 0 Å². The van der Waals surface area contributed by atoms with Crippen LogP contribution in [-0.2, 0) is 0 Å². The second-order valence-corrected chi connectivity index (χ2v) is 14.6. The summed E-state index contributed by atoms with van der Waals surface area (Å²) in [5.74, 6) is 1.99. The van der Waals surface area contributed by atoms with Crippen molar-refractivity contribution in [3.63, 3.8) is 0 Å². The zero-order valence-electron chi connectivity index (χ0n) is 26.7. The highest BCUT2D eigenvalue weighted by molar-refractivity contribution is 7.26. The van der Waals surface area contributed by atoms with Gasteiger partial charge < -0.3 is 0 Å². The zero-order valence-corrected chi connectivity index (χ0v) is 28.4. The molecule has 0 aliphatic heterocycles. The molecule has 0 atom stereocenters. The molecule has 3 aromatic heterocycles. The zero-order chi connectivity index (χ0) is 33.0. The van der Waals surface area contributed by atoms with Gasteiger partial charge >= 0.3 is 0 Å². The van der Waals surface area contributed by atoms with Crippen molar-refractivity contribution in [2.45, 2.75) is 0 Å². The van der Waals surface area contributed by atoms with Crippen LogP contribution in [0.25, 0.3) is 96.8 Å². The van der Waals surface area contributed by atoms with Crippen LogP contribution in [0.2, 0.25) is 0 Å². The number of thiophene rings is 2. The first-order valence-corrected chi connectivity index (χ1v) is 18.2. The summed E-state index contributed by atoms with van der Waals surface area (Å²) in [6.07, 6.45) is 0. The quantitative estimate of drug-likeness (QED) is 0.182. The topological polar surface area (TPSA) is 38.7 Å². The standard InChI is InChI=1S/C45H27N3S2/c1-4-12-28(13-5-1)33-25-36(29-14-6-2-7-15-29)42-38(26-33)35-22-20-32(27-41(35)50-42)45-47-43(30-16-8-3-9-17-30)46-44(48-45)31-21-23-40-37(24-31)34-18-10-11-19-39(34)49-40/h1-27H. The fourth-order valence-corrected chi connectivity index (χ4v) is 9.21. The van der Waals surface area contributed by atoms with Crippen LogP contribution < -0.4 is 0 Å². The molecular weight excluding hydrogens is 647 g/mol. The predicted octanol–water partition coefficient (Wildman–Crippen LogP) is 12.9. The molecule has 0 saturated heterocycles. The Balaban J connectivity index is 1.16. The third kappa shape index (κ3) is 4.98. The fourth-order valence-electron chi connectivity index (χ4n) is 6.86. The molecule has 0 spiro atoms. The summed E-state index contributed by atoms with van der Waals surface area (Å²) < 4.78 is 5.02. The fraction of sp³-hybridized carbons (Fsp3) is 0. The molecule has 10 aromatic rings. The van der Waals surface area contributed by atoms with E-state index in [2.05, 4.69) is 146 Å². The van der Waals surface area contributed by atoms with Crippen LogP contribution >= 0.6 is 22.7 Å². The van der Waals surface area contributed by atoms with E-state index >= 15 is 0 Å². The minimum absolute atomic E-state index is 0.663. The minimum atomic E-state index is 0.663. The van der Waals surface area contributed by atoms with Crippen LogP contribution in [0, 0.1) is 0 Å². The lowest BCUT2D eigenvalue weighted by atomic mass is 9.96. The first-order chi connectivity index (χ1) is 24.7. The Hall–Kier alpha value is -6.01. The Morgan fingerprint density at radius 2 is 0.840 bits per heavy atom. The molecule has 0 amide bonds. The van der Waals surface area contributed by atoms with E-state index in [0.29, 0.717) is 17.5 Å². The molecule has 5 heteroatoms.